The molecular formula is C18H26N6O. The van der Waals surface area contributed by atoms with Crippen molar-refractivity contribution in [3.8, 4) is 0 Å². The second-order valence-corrected chi connectivity index (χ2v) is 8.38. The van der Waals surface area contributed by atoms with Crippen LogP contribution in [-0.4, -0.2) is 45.4 Å². The largest absolute Gasteiger partial charge is 0.355 e. The Balaban J connectivity index is 1.38. The van der Waals surface area contributed by atoms with Crippen LogP contribution < -0.4 is 10.2 Å². The number of carbonyl (C=O) groups is 1. The lowest BCUT2D eigenvalue weighted by Gasteiger charge is -2.40. The first-order valence-electron chi connectivity index (χ1n) is 9.17. The van der Waals surface area contributed by atoms with Gasteiger partial charge in [-0.3, -0.25) is 4.79 Å². The molecule has 0 unspecified atom stereocenters. The van der Waals surface area contributed by atoms with Gasteiger partial charge in [-0.25, -0.2) is 0 Å². The van der Waals surface area contributed by atoms with Gasteiger partial charge in [-0.05, 0) is 25.0 Å². The molecule has 0 bridgehead atoms. The van der Waals surface area contributed by atoms with Crippen molar-refractivity contribution in [3.63, 3.8) is 0 Å². The molecule has 0 aromatic carbocycles. The van der Waals surface area contributed by atoms with E-state index in [1.807, 2.05) is 16.6 Å². The third-order valence-electron chi connectivity index (χ3n) is 5.24. The number of carbonyl (C=O) groups excluding carboxylic acids is 1. The fourth-order valence-corrected chi connectivity index (χ4v) is 3.36. The summed E-state index contributed by atoms with van der Waals surface area (Å²) in [5, 5.41) is 16.3. The first-order chi connectivity index (χ1) is 11.9. The van der Waals surface area contributed by atoms with E-state index in [0.717, 1.165) is 49.8 Å². The normalized spacial score (nSPS) is 18.9. The SMILES string of the molecule is CC(C)(C)c1nnc2ccc(N3CC(CNC(=O)C4CCC4)C3)nn12. The molecule has 7 nitrogen and oxygen atoms in total. The summed E-state index contributed by atoms with van der Waals surface area (Å²) in [5.74, 6) is 2.83. The Labute approximate surface area is 147 Å². The van der Waals surface area contributed by atoms with Gasteiger partial charge in [-0.15, -0.1) is 15.3 Å². The second kappa shape index (κ2) is 5.97. The van der Waals surface area contributed by atoms with Crippen LogP contribution in [0.25, 0.3) is 5.65 Å². The van der Waals surface area contributed by atoms with Crippen LogP contribution in [0.5, 0.6) is 0 Å². The molecule has 1 aliphatic heterocycles. The van der Waals surface area contributed by atoms with Gasteiger partial charge in [0.15, 0.2) is 11.5 Å². The lowest BCUT2D eigenvalue weighted by molar-refractivity contribution is -0.127. The van der Waals surface area contributed by atoms with Gasteiger partial charge in [0, 0.05) is 36.9 Å². The molecule has 4 rings (SSSR count). The smallest absolute Gasteiger partial charge is 0.223 e. The number of nitrogens with one attached hydrogen (secondary N) is 1. The molecule has 0 radical (unpaired) electrons. The third-order valence-corrected chi connectivity index (χ3v) is 5.24. The summed E-state index contributed by atoms with van der Waals surface area (Å²) in [6.45, 7) is 8.97. The standard InChI is InChI=1S/C18H26N6O/c1-18(2,3)17-21-20-14-7-8-15(22-24(14)17)23-10-12(11-23)9-19-16(25)13-5-4-6-13/h7-8,12-13H,4-6,9-11H2,1-3H3,(H,19,25). The fourth-order valence-electron chi connectivity index (χ4n) is 3.36. The van der Waals surface area contributed by atoms with Crippen molar-refractivity contribution in [1.29, 1.82) is 0 Å². The van der Waals surface area contributed by atoms with Crippen molar-refractivity contribution in [3.05, 3.63) is 18.0 Å². The predicted molar refractivity (Wildman–Crippen MR) is 95.5 cm³/mol. The van der Waals surface area contributed by atoms with Crippen LogP contribution in [0.4, 0.5) is 5.82 Å². The van der Waals surface area contributed by atoms with Crippen LogP contribution in [0.2, 0.25) is 0 Å². The van der Waals surface area contributed by atoms with Gasteiger partial charge in [0.1, 0.15) is 5.82 Å². The van der Waals surface area contributed by atoms with E-state index < -0.39 is 0 Å². The molecule has 2 aliphatic rings. The lowest BCUT2D eigenvalue weighted by Crippen LogP contribution is -2.52. The molecule has 1 aliphatic carbocycles. The Bertz CT molecular complexity index is 782. The van der Waals surface area contributed by atoms with Gasteiger partial charge >= 0.3 is 0 Å². The van der Waals surface area contributed by atoms with E-state index in [4.69, 9.17) is 5.10 Å². The van der Waals surface area contributed by atoms with Crippen LogP contribution >= 0.6 is 0 Å². The van der Waals surface area contributed by atoms with Gasteiger partial charge in [-0.1, -0.05) is 27.2 Å². The van der Waals surface area contributed by atoms with Crippen molar-refractivity contribution in [2.75, 3.05) is 24.5 Å². The molecule has 1 N–H and O–H groups in total. The van der Waals surface area contributed by atoms with E-state index in [0.29, 0.717) is 5.92 Å². The molecule has 1 saturated carbocycles. The van der Waals surface area contributed by atoms with E-state index in [-0.39, 0.29) is 17.2 Å². The molecule has 2 fully saturated rings. The quantitative estimate of drug-likeness (QED) is 0.916. The van der Waals surface area contributed by atoms with Gasteiger partial charge in [-0.2, -0.15) is 4.52 Å². The fraction of sp³-hybridized carbons (Fsp3) is 0.667. The Hall–Kier alpha value is -2.18. The highest BCUT2D eigenvalue weighted by molar-refractivity contribution is 5.79. The monoisotopic (exact) mass is 342 g/mol. The van der Waals surface area contributed by atoms with Crippen LogP contribution in [0.3, 0.4) is 0 Å². The molecule has 3 heterocycles. The number of amides is 1. The number of rotatable bonds is 4. The molecule has 0 spiro atoms. The van der Waals surface area contributed by atoms with Crippen LogP contribution in [0.15, 0.2) is 12.1 Å². The van der Waals surface area contributed by atoms with Gasteiger partial charge in [0.05, 0.1) is 0 Å². The number of anilines is 1. The third kappa shape index (κ3) is 3.07. The Kier molecular flexibility index (Phi) is 3.89. The highest BCUT2D eigenvalue weighted by Gasteiger charge is 2.31. The Morgan fingerprint density at radius 1 is 1.24 bits per heavy atom. The van der Waals surface area contributed by atoms with Gasteiger partial charge in [0.25, 0.3) is 0 Å². The molecule has 25 heavy (non-hydrogen) atoms. The van der Waals surface area contributed by atoms with Crippen LogP contribution in [0.1, 0.15) is 45.9 Å². The Morgan fingerprint density at radius 2 is 2.00 bits per heavy atom. The lowest BCUT2D eigenvalue weighted by atomic mass is 9.84. The van der Waals surface area contributed by atoms with Crippen molar-refractivity contribution in [2.24, 2.45) is 11.8 Å². The molecule has 2 aromatic heterocycles. The highest BCUT2D eigenvalue weighted by Crippen LogP contribution is 2.27. The molecule has 7 heteroatoms. The summed E-state index contributed by atoms with van der Waals surface area (Å²) < 4.78 is 1.85. The summed E-state index contributed by atoms with van der Waals surface area (Å²) in [5.41, 5.74) is 0.674. The number of nitrogens with zero attached hydrogens (tertiary/aromatic N) is 5. The molecular weight excluding hydrogens is 316 g/mol. The van der Waals surface area contributed by atoms with Gasteiger partial charge in [0.2, 0.25) is 5.91 Å². The van der Waals surface area contributed by atoms with E-state index >= 15 is 0 Å². The average molecular weight is 342 g/mol. The number of hydrogen-bond acceptors (Lipinski definition) is 5. The van der Waals surface area contributed by atoms with Crippen LogP contribution in [0, 0.1) is 11.8 Å². The first kappa shape index (κ1) is 16.3. The van der Waals surface area contributed by atoms with E-state index in [2.05, 4.69) is 41.2 Å². The summed E-state index contributed by atoms with van der Waals surface area (Å²) in [7, 11) is 0. The summed E-state index contributed by atoms with van der Waals surface area (Å²) in [6.07, 6.45) is 3.31. The minimum atomic E-state index is -0.103. The molecule has 134 valence electrons. The summed E-state index contributed by atoms with van der Waals surface area (Å²) in [6, 6.07) is 3.97. The van der Waals surface area contributed by atoms with Crippen molar-refractivity contribution in [2.45, 2.75) is 45.4 Å². The zero-order chi connectivity index (χ0) is 17.6. The van der Waals surface area contributed by atoms with Crippen molar-refractivity contribution >= 4 is 17.4 Å². The molecule has 1 amide bonds. The summed E-state index contributed by atoms with van der Waals surface area (Å²) in [4.78, 5) is 14.2. The zero-order valence-electron chi connectivity index (χ0n) is 15.2. The predicted octanol–water partition coefficient (Wildman–Crippen LogP) is 1.77. The van der Waals surface area contributed by atoms with E-state index in [9.17, 15) is 4.79 Å². The van der Waals surface area contributed by atoms with Crippen molar-refractivity contribution in [1.82, 2.24) is 25.1 Å². The van der Waals surface area contributed by atoms with Crippen LogP contribution in [-0.2, 0) is 10.2 Å². The first-order valence-corrected chi connectivity index (χ1v) is 9.17. The Morgan fingerprint density at radius 3 is 2.64 bits per heavy atom. The number of hydrogen-bond donors (Lipinski definition) is 1. The van der Waals surface area contributed by atoms with Crippen molar-refractivity contribution < 1.29 is 4.79 Å². The minimum absolute atomic E-state index is 0.103. The molecule has 0 atom stereocenters. The minimum Gasteiger partial charge on any atom is -0.355 e. The maximum atomic E-state index is 11.9. The zero-order valence-corrected chi connectivity index (χ0v) is 15.2. The van der Waals surface area contributed by atoms with E-state index in [1.165, 1.54) is 6.42 Å². The molecule has 2 aromatic rings. The maximum Gasteiger partial charge on any atom is 0.223 e. The highest BCUT2D eigenvalue weighted by atomic mass is 16.1. The van der Waals surface area contributed by atoms with Gasteiger partial charge < -0.3 is 10.2 Å². The average Bonchev–Trinajstić information content (AvgIpc) is 2.86. The second-order valence-electron chi connectivity index (χ2n) is 8.38. The topological polar surface area (TPSA) is 75.4 Å². The molecule has 1 saturated heterocycles. The number of aromatic nitrogens is 4. The maximum absolute atomic E-state index is 11.9. The van der Waals surface area contributed by atoms with E-state index in [1.54, 1.807) is 0 Å². The number of fused-ring (bicyclic) bond motifs is 1. The summed E-state index contributed by atoms with van der Waals surface area (Å²) >= 11 is 0.